The van der Waals surface area contributed by atoms with E-state index in [1.54, 1.807) is 6.92 Å². The van der Waals surface area contributed by atoms with Crippen LogP contribution in [-0.4, -0.2) is 33.6 Å². The first-order valence-corrected chi connectivity index (χ1v) is 5.53. The second-order valence-electron chi connectivity index (χ2n) is 3.89. The first kappa shape index (κ1) is 14.2. The Morgan fingerprint density at radius 2 is 2.00 bits per heavy atom. The van der Waals surface area contributed by atoms with E-state index in [4.69, 9.17) is 9.84 Å². The third-order valence-corrected chi connectivity index (χ3v) is 2.70. The molecule has 1 aromatic heterocycles. The van der Waals surface area contributed by atoms with Gasteiger partial charge >= 0.3 is 5.97 Å². The lowest BCUT2D eigenvalue weighted by Crippen LogP contribution is -2.39. The number of nitrogens with zero attached hydrogens (tertiary/aromatic N) is 1. The predicted molar refractivity (Wildman–Crippen MR) is 63.8 cm³/mol. The van der Waals surface area contributed by atoms with Crippen LogP contribution in [0.2, 0.25) is 0 Å². The number of aliphatic carboxylic acids is 1. The SMILES string of the molecule is CCOC(Cn1[nH]c(=O)c(C)c(C)c1=O)C(=O)O. The maximum absolute atomic E-state index is 11.8. The highest BCUT2D eigenvalue weighted by atomic mass is 16.5. The molecule has 18 heavy (non-hydrogen) atoms. The number of carboxylic acids is 1. The summed E-state index contributed by atoms with van der Waals surface area (Å²) in [5.74, 6) is -1.18. The van der Waals surface area contributed by atoms with Gasteiger partial charge in [-0.25, -0.2) is 9.48 Å². The standard InChI is InChI=1S/C11H16N2O5/c1-4-18-8(11(16)17)5-13-10(15)7(3)6(2)9(14)12-13/h8H,4-5H2,1-3H3,(H,12,14)(H,16,17). The first-order valence-electron chi connectivity index (χ1n) is 5.53. The summed E-state index contributed by atoms with van der Waals surface area (Å²) in [4.78, 5) is 34.3. The number of aromatic amines is 1. The van der Waals surface area contributed by atoms with Crippen molar-refractivity contribution >= 4 is 5.97 Å². The lowest BCUT2D eigenvalue weighted by Gasteiger charge is -2.14. The normalized spacial score (nSPS) is 12.4. The second kappa shape index (κ2) is 5.63. The van der Waals surface area contributed by atoms with Crippen LogP contribution < -0.4 is 11.1 Å². The molecule has 0 aromatic carbocycles. The van der Waals surface area contributed by atoms with Gasteiger partial charge in [0.15, 0.2) is 6.10 Å². The maximum atomic E-state index is 11.8. The van der Waals surface area contributed by atoms with Gasteiger partial charge in [-0.1, -0.05) is 0 Å². The summed E-state index contributed by atoms with van der Waals surface area (Å²) >= 11 is 0. The summed E-state index contributed by atoms with van der Waals surface area (Å²) < 4.78 is 5.96. The summed E-state index contributed by atoms with van der Waals surface area (Å²) in [5, 5.41) is 11.3. The fourth-order valence-corrected chi connectivity index (χ4v) is 1.49. The molecule has 0 aliphatic carbocycles. The molecule has 0 fully saturated rings. The number of rotatable bonds is 5. The van der Waals surface area contributed by atoms with E-state index in [-0.39, 0.29) is 13.2 Å². The highest BCUT2D eigenvalue weighted by Crippen LogP contribution is 1.97. The Labute approximate surface area is 103 Å². The van der Waals surface area contributed by atoms with Gasteiger partial charge in [0.25, 0.3) is 11.1 Å². The van der Waals surface area contributed by atoms with Gasteiger partial charge in [0.2, 0.25) is 0 Å². The van der Waals surface area contributed by atoms with Crippen molar-refractivity contribution in [2.45, 2.75) is 33.4 Å². The Kier molecular flexibility index (Phi) is 4.43. The molecule has 1 heterocycles. The molecular formula is C11H16N2O5. The Balaban J connectivity index is 3.15. The van der Waals surface area contributed by atoms with Crippen LogP contribution in [0.3, 0.4) is 0 Å². The van der Waals surface area contributed by atoms with E-state index in [0.717, 1.165) is 4.68 Å². The topological polar surface area (TPSA) is 101 Å². The molecule has 7 heteroatoms. The molecule has 0 aliphatic heterocycles. The zero-order valence-corrected chi connectivity index (χ0v) is 10.5. The molecule has 0 bridgehead atoms. The smallest absolute Gasteiger partial charge is 0.334 e. The molecular weight excluding hydrogens is 240 g/mol. The zero-order chi connectivity index (χ0) is 13.9. The molecule has 1 rings (SSSR count). The number of nitrogens with one attached hydrogen (secondary N) is 1. The van der Waals surface area contributed by atoms with Crippen molar-refractivity contribution in [3.05, 3.63) is 31.8 Å². The largest absolute Gasteiger partial charge is 0.479 e. The van der Waals surface area contributed by atoms with Gasteiger partial charge in [-0.3, -0.25) is 14.7 Å². The van der Waals surface area contributed by atoms with Crippen molar-refractivity contribution < 1.29 is 14.6 Å². The number of H-pyrrole nitrogens is 1. The predicted octanol–water partition coefficient (Wildman–Crippen LogP) is -0.357. The van der Waals surface area contributed by atoms with Crippen LogP contribution in [0.25, 0.3) is 0 Å². The first-order chi connectivity index (χ1) is 8.38. The summed E-state index contributed by atoms with van der Waals surface area (Å²) in [6.45, 7) is 4.71. The van der Waals surface area contributed by atoms with E-state index in [0.29, 0.717) is 11.1 Å². The summed E-state index contributed by atoms with van der Waals surface area (Å²) in [6, 6.07) is 0. The quantitative estimate of drug-likeness (QED) is 0.749. The fourth-order valence-electron chi connectivity index (χ4n) is 1.49. The van der Waals surface area contributed by atoms with Crippen molar-refractivity contribution in [2.75, 3.05) is 6.61 Å². The van der Waals surface area contributed by atoms with Gasteiger partial charge in [0, 0.05) is 17.7 Å². The van der Waals surface area contributed by atoms with Crippen LogP contribution in [0.4, 0.5) is 0 Å². The lowest BCUT2D eigenvalue weighted by atomic mass is 10.2. The molecule has 0 radical (unpaired) electrons. The monoisotopic (exact) mass is 256 g/mol. The molecule has 0 saturated carbocycles. The molecule has 7 nitrogen and oxygen atoms in total. The van der Waals surface area contributed by atoms with Gasteiger partial charge < -0.3 is 9.84 Å². The van der Waals surface area contributed by atoms with Crippen molar-refractivity contribution in [1.82, 2.24) is 9.78 Å². The third kappa shape index (κ3) is 2.86. The van der Waals surface area contributed by atoms with Crippen LogP contribution in [0, 0.1) is 13.8 Å². The number of hydrogen-bond donors (Lipinski definition) is 2. The van der Waals surface area contributed by atoms with Gasteiger partial charge in [-0.05, 0) is 20.8 Å². The summed E-state index contributed by atoms with van der Waals surface area (Å²) in [5.41, 5.74) is -0.190. The van der Waals surface area contributed by atoms with Crippen LogP contribution in [0.15, 0.2) is 9.59 Å². The lowest BCUT2D eigenvalue weighted by molar-refractivity contribution is -0.151. The molecule has 1 unspecified atom stereocenters. The average molecular weight is 256 g/mol. The molecule has 1 atom stereocenters. The van der Waals surface area contributed by atoms with Crippen LogP contribution in [-0.2, 0) is 16.1 Å². The molecule has 0 aliphatic rings. The van der Waals surface area contributed by atoms with Gasteiger partial charge in [-0.2, -0.15) is 0 Å². The Hall–Kier alpha value is -1.89. The number of carbonyl (C=O) groups is 1. The van der Waals surface area contributed by atoms with Gasteiger partial charge in [0.05, 0.1) is 6.54 Å². The van der Waals surface area contributed by atoms with E-state index in [2.05, 4.69) is 5.10 Å². The molecule has 1 aromatic rings. The minimum atomic E-state index is -1.18. The Morgan fingerprint density at radius 1 is 1.39 bits per heavy atom. The third-order valence-electron chi connectivity index (χ3n) is 2.70. The maximum Gasteiger partial charge on any atom is 0.334 e. The van der Waals surface area contributed by atoms with Crippen molar-refractivity contribution in [3.8, 4) is 0 Å². The summed E-state index contributed by atoms with van der Waals surface area (Å²) in [7, 11) is 0. The number of hydrogen-bond acceptors (Lipinski definition) is 4. The van der Waals surface area contributed by atoms with E-state index in [1.165, 1.54) is 13.8 Å². The van der Waals surface area contributed by atoms with E-state index in [9.17, 15) is 14.4 Å². The van der Waals surface area contributed by atoms with E-state index >= 15 is 0 Å². The van der Waals surface area contributed by atoms with Gasteiger partial charge in [0.1, 0.15) is 0 Å². The van der Waals surface area contributed by atoms with Crippen LogP contribution in [0.5, 0.6) is 0 Å². The average Bonchev–Trinajstić information content (AvgIpc) is 2.32. The highest BCUT2D eigenvalue weighted by Gasteiger charge is 2.20. The molecule has 0 amide bonds. The van der Waals surface area contributed by atoms with E-state index < -0.39 is 23.2 Å². The highest BCUT2D eigenvalue weighted by molar-refractivity contribution is 5.72. The van der Waals surface area contributed by atoms with Crippen LogP contribution >= 0.6 is 0 Å². The summed E-state index contributed by atoms with van der Waals surface area (Å²) in [6.07, 6.45) is -1.16. The minimum Gasteiger partial charge on any atom is -0.479 e. The molecule has 2 N–H and O–H groups in total. The van der Waals surface area contributed by atoms with Gasteiger partial charge in [-0.15, -0.1) is 0 Å². The van der Waals surface area contributed by atoms with Crippen molar-refractivity contribution in [1.29, 1.82) is 0 Å². The number of ether oxygens (including phenoxy) is 1. The minimum absolute atomic E-state index is 0.209. The number of aromatic nitrogens is 2. The zero-order valence-electron chi connectivity index (χ0n) is 10.5. The second-order valence-corrected chi connectivity index (χ2v) is 3.89. The molecule has 0 spiro atoms. The van der Waals surface area contributed by atoms with Crippen molar-refractivity contribution in [3.63, 3.8) is 0 Å². The Bertz CT molecular complexity index is 558. The number of carboxylic acid groups (broad SMARTS) is 1. The van der Waals surface area contributed by atoms with Crippen LogP contribution in [0.1, 0.15) is 18.1 Å². The van der Waals surface area contributed by atoms with Crippen molar-refractivity contribution in [2.24, 2.45) is 0 Å². The fraction of sp³-hybridized carbons (Fsp3) is 0.545. The molecule has 100 valence electrons. The molecule has 0 saturated heterocycles. The van der Waals surface area contributed by atoms with E-state index in [1.807, 2.05) is 0 Å². The Morgan fingerprint density at radius 3 is 2.50 bits per heavy atom.